The summed E-state index contributed by atoms with van der Waals surface area (Å²) in [6.45, 7) is -0.488. The molecule has 3 rings (SSSR count). The molecule has 2 aromatic rings. The van der Waals surface area contributed by atoms with Gasteiger partial charge in [0.05, 0.1) is 16.1 Å². The number of halogens is 1. The molecule has 4 atom stereocenters. The Labute approximate surface area is 185 Å². The first-order valence-electron chi connectivity index (χ1n) is 9.02. The number of carbonyl (C=O) groups is 2. The SMILES string of the molecule is [N-]=[N+]=N[C@]1(O)[C@H](OC(=O)c2ccc([N+](=O)[O-])cc2)[C@@H](COC(=O)c2ccccc2)O[C@@H]1Cl. The molecule has 1 aliphatic heterocycles. The Balaban J connectivity index is 1.78. The number of rotatable bonds is 7. The molecule has 1 fully saturated rings. The standard InChI is InChI=1S/C19H15ClN4O8/c20-18-19(27,22-23-21)15(32-17(26)12-6-8-13(9-7-12)24(28)29)14(31-18)10-30-16(25)11-4-2-1-3-5-11/h1-9,14-15,18,27H,10H2/t14-,15-,18+,19+/m1/s1. The van der Waals surface area contributed by atoms with Crippen LogP contribution in [0, 0.1) is 10.1 Å². The highest BCUT2D eigenvalue weighted by Gasteiger charge is 2.58. The van der Waals surface area contributed by atoms with Crippen LogP contribution in [0.4, 0.5) is 5.69 Å². The average Bonchev–Trinajstić information content (AvgIpc) is 3.02. The maximum Gasteiger partial charge on any atom is 0.338 e. The first kappa shape index (κ1) is 23.0. The van der Waals surface area contributed by atoms with E-state index >= 15 is 0 Å². The molecule has 0 aliphatic carbocycles. The summed E-state index contributed by atoms with van der Waals surface area (Å²) in [7, 11) is 0. The summed E-state index contributed by atoms with van der Waals surface area (Å²) in [6, 6.07) is 12.5. The van der Waals surface area contributed by atoms with Gasteiger partial charge in [-0.25, -0.2) is 9.59 Å². The van der Waals surface area contributed by atoms with Gasteiger partial charge in [-0.2, -0.15) is 0 Å². The van der Waals surface area contributed by atoms with Gasteiger partial charge in [-0.05, 0) is 29.8 Å². The van der Waals surface area contributed by atoms with Gasteiger partial charge in [0.1, 0.15) is 12.7 Å². The van der Waals surface area contributed by atoms with Crippen LogP contribution in [-0.2, 0) is 14.2 Å². The quantitative estimate of drug-likeness (QED) is 0.124. The highest BCUT2D eigenvalue weighted by Crippen LogP contribution is 2.38. The highest BCUT2D eigenvalue weighted by atomic mass is 35.5. The van der Waals surface area contributed by atoms with Gasteiger partial charge in [0.2, 0.25) is 5.72 Å². The zero-order chi connectivity index (χ0) is 23.3. The number of esters is 2. The number of hydrogen-bond donors (Lipinski definition) is 1. The van der Waals surface area contributed by atoms with Crippen molar-refractivity contribution < 1.29 is 33.8 Å². The van der Waals surface area contributed by atoms with E-state index in [0.29, 0.717) is 0 Å². The molecule has 32 heavy (non-hydrogen) atoms. The molecule has 2 aromatic carbocycles. The van der Waals surface area contributed by atoms with Gasteiger partial charge in [-0.1, -0.05) is 34.9 Å². The van der Waals surface area contributed by atoms with Crippen LogP contribution < -0.4 is 0 Å². The summed E-state index contributed by atoms with van der Waals surface area (Å²) in [5, 5.41) is 24.7. The molecule has 1 heterocycles. The molecule has 166 valence electrons. The first-order chi connectivity index (χ1) is 15.3. The molecule has 0 saturated carbocycles. The van der Waals surface area contributed by atoms with E-state index in [9.17, 15) is 24.8 Å². The van der Waals surface area contributed by atoms with E-state index in [2.05, 4.69) is 10.0 Å². The van der Waals surface area contributed by atoms with Gasteiger partial charge in [0.25, 0.3) is 5.69 Å². The average molecular weight is 463 g/mol. The van der Waals surface area contributed by atoms with E-state index in [1.165, 1.54) is 12.1 Å². The third-order valence-corrected chi connectivity index (χ3v) is 4.95. The van der Waals surface area contributed by atoms with Crippen LogP contribution in [0.5, 0.6) is 0 Å². The van der Waals surface area contributed by atoms with E-state index in [1.807, 2.05) is 0 Å². The van der Waals surface area contributed by atoms with E-state index in [1.54, 1.807) is 18.2 Å². The van der Waals surface area contributed by atoms with Gasteiger partial charge in [-0.3, -0.25) is 10.1 Å². The topological polar surface area (TPSA) is 174 Å². The number of ether oxygens (including phenoxy) is 3. The number of aliphatic hydroxyl groups is 1. The fraction of sp³-hybridized carbons (Fsp3) is 0.263. The second-order valence-electron chi connectivity index (χ2n) is 6.56. The van der Waals surface area contributed by atoms with Crippen molar-refractivity contribution in [2.24, 2.45) is 5.11 Å². The minimum atomic E-state index is -2.50. The number of nitro benzene ring substituents is 1. The molecule has 13 heteroatoms. The third-order valence-electron chi connectivity index (χ3n) is 4.53. The number of carbonyl (C=O) groups excluding carboxylic acids is 2. The van der Waals surface area contributed by atoms with Crippen LogP contribution in [0.3, 0.4) is 0 Å². The summed E-state index contributed by atoms with van der Waals surface area (Å²) in [4.78, 5) is 37.4. The highest BCUT2D eigenvalue weighted by molar-refractivity contribution is 6.20. The van der Waals surface area contributed by atoms with Gasteiger partial charge in [0, 0.05) is 17.0 Å². The number of non-ortho nitro benzene ring substituents is 1. The van der Waals surface area contributed by atoms with E-state index in [4.69, 9.17) is 31.3 Å². The Kier molecular flexibility index (Phi) is 6.91. The van der Waals surface area contributed by atoms with Crippen LogP contribution in [0.15, 0.2) is 59.7 Å². The van der Waals surface area contributed by atoms with Crippen molar-refractivity contribution in [1.82, 2.24) is 0 Å². The van der Waals surface area contributed by atoms with E-state index in [0.717, 1.165) is 24.3 Å². The molecular weight excluding hydrogens is 448 g/mol. The first-order valence-corrected chi connectivity index (χ1v) is 9.45. The molecule has 0 spiro atoms. The maximum absolute atomic E-state index is 12.5. The molecule has 1 aliphatic rings. The lowest BCUT2D eigenvalue weighted by Gasteiger charge is -2.26. The lowest BCUT2D eigenvalue weighted by Crippen LogP contribution is -2.48. The maximum atomic E-state index is 12.5. The number of benzene rings is 2. The fourth-order valence-corrected chi connectivity index (χ4v) is 3.21. The van der Waals surface area contributed by atoms with Crippen molar-refractivity contribution in [3.63, 3.8) is 0 Å². The summed E-state index contributed by atoms with van der Waals surface area (Å²) < 4.78 is 15.7. The number of nitrogens with zero attached hydrogens (tertiary/aromatic N) is 4. The Morgan fingerprint density at radius 3 is 2.41 bits per heavy atom. The second kappa shape index (κ2) is 9.62. The summed E-state index contributed by atoms with van der Waals surface area (Å²) in [6.07, 6.45) is -2.92. The molecule has 12 nitrogen and oxygen atoms in total. The van der Waals surface area contributed by atoms with Crippen LogP contribution in [-0.4, -0.2) is 52.1 Å². The number of nitro groups is 1. The second-order valence-corrected chi connectivity index (χ2v) is 6.95. The van der Waals surface area contributed by atoms with Gasteiger partial charge in [0.15, 0.2) is 11.7 Å². The largest absolute Gasteiger partial charge is 0.459 e. The lowest BCUT2D eigenvalue weighted by atomic mass is 10.1. The summed E-state index contributed by atoms with van der Waals surface area (Å²) in [5.41, 5.74) is 4.60. The Morgan fingerprint density at radius 1 is 1.19 bits per heavy atom. The van der Waals surface area contributed by atoms with Crippen molar-refractivity contribution in [1.29, 1.82) is 0 Å². The van der Waals surface area contributed by atoms with Crippen molar-refractivity contribution >= 4 is 29.2 Å². The van der Waals surface area contributed by atoms with Gasteiger partial charge < -0.3 is 19.3 Å². The van der Waals surface area contributed by atoms with Crippen molar-refractivity contribution in [2.75, 3.05) is 6.61 Å². The van der Waals surface area contributed by atoms with E-state index in [-0.39, 0.29) is 16.8 Å². The molecular formula is C19H15ClN4O8. The molecule has 0 bridgehead atoms. The van der Waals surface area contributed by atoms with Gasteiger partial charge in [-0.15, -0.1) is 0 Å². The zero-order valence-electron chi connectivity index (χ0n) is 16.1. The van der Waals surface area contributed by atoms with Crippen LogP contribution in [0.2, 0.25) is 0 Å². The number of hydrogen-bond acceptors (Lipinski definition) is 9. The molecule has 0 aromatic heterocycles. The van der Waals surface area contributed by atoms with Crippen LogP contribution in [0.1, 0.15) is 20.7 Å². The Bertz CT molecular complexity index is 1060. The smallest absolute Gasteiger partial charge is 0.338 e. The zero-order valence-corrected chi connectivity index (χ0v) is 16.9. The Hall–Kier alpha value is -3.70. The normalized spacial score (nSPS) is 24.2. The summed E-state index contributed by atoms with van der Waals surface area (Å²) >= 11 is 5.96. The molecule has 0 radical (unpaired) electrons. The minimum absolute atomic E-state index is 0.0862. The monoisotopic (exact) mass is 462 g/mol. The van der Waals surface area contributed by atoms with Crippen LogP contribution in [0.25, 0.3) is 10.4 Å². The fourth-order valence-electron chi connectivity index (χ4n) is 2.91. The van der Waals surface area contributed by atoms with Crippen molar-refractivity contribution in [3.05, 3.63) is 86.3 Å². The minimum Gasteiger partial charge on any atom is -0.459 e. The predicted octanol–water partition coefficient (Wildman–Crippen LogP) is 2.94. The van der Waals surface area contributed by atoms with Crippen molar-refractivity contribution in [2.45, 2.75) is 23.5 Å². The number of azide groups is 1. The number of alkyl halides is 1. The third kappa shape index (κ3) is 4.79. The molecule has 1 N–H and O–H groups in total. The van der Waals surface area contributed by atoms with Gasteiger partial charge >= 0.3 is 11.9 Å². The van der Waals surface area contributed by atoms with Crippen LogP contribution >= 0.6 is 11.6 Å². The molecule has 0 unspecified atom stereocenters. The lowest BCUT2D eigenvalue weighted by molar-refractivity contribution is -0.384. The predicted molar refractivity (Wildman–Crippen MR) is 108 cm³/mol. The summed E-state index contributed by atoms with van der Waals surface area (Å²) in [5.74, 6) is -1.72. The van der Waals surface area contributed by atoms with E-state index < -0.39 is 47.0 Å². The molecule has 1 saturated heterocycles. The Morgan fingerprint density at radius 2 is 1.81 bits per heavy atom. The van der Waals surface area contributed by atoms with Crippen molar-refractivity contribution in [3.8, 4) is 0 Å². The molecule has 0 amide bonds.